The lowest BCUT2D eigenvalue weighted by molar-refractivity contribution is 0.0729. The van der Waals surface area contributed by atoms with E-state index in [0.29, 0.717) is 26.3 Å². The van der Waals surface area contributed by atoms with Gasteiger partial charge < -0.3 is 4.74 Å². The van der Waals surface area contributed by atoms with Crippen LogP contribution >= 0.6 is 0 Å². The van der Waals surface area contributed by atoms with Crippen molar-refractivity contribution in [3.8, 4) is 0 Å². The van der Waals surface area contributed by atoms with E-state index in [1.54, 1.807) is 0 Å². The van der Waals surface area contributed by atoms with Gasteiger partial charge >= 0.3 is 0 Å². The second-order valence-electron chi connectivity index (χ2n) is 3.68. The predicted molar refractivity (Wildman–Crippen MR) is 51.0 cm³/mol. The van der Waals surface area contributed by atoms with Gasteiger partial charge in [-0.1, -0.05) is 13.8 Å². The van der Waals surface area contributed by atoms with E-state index in [0.717, 1.165) is 0 Å². The highest BCUT2D eigenvalue weighted by Gasteiger charge is 2.24. The quantitative estimate of drug-likeness (QED) is 0.669. The van der Waals surface area contributed by atoms with Crippen LogP contribution in [0.1, 0.15) is 13.8 Å². The largest absolute Gasteiger partial charge is 0.379 e. The molecule has 0 bridgehead atoms. The van der Waals surface area contributed by atoms with Crippen LogP contribution in [0, 0.1) is 5.92 Å². The summed E-state index contributed by atoms with van der Waals surface area (Å²) in [5.41, 5.74) is 0. The van der Waals surface area contributed by atoms with Gasteiger partial charge in [-0.3, -0.25) is 0 Å². The Kier molecular flexibility index (Phi) is 3.70. The maximum atomic E-state index is 11.7. The van der Waals surface area contributed by atoms with E-state index in [1.165, 1.54) is 4.31 Å². The Hall–Kier alpha value is -0.130. The molecule has 0 aromatic carbocycles. The highest BCUT2D eigenvalue weighted by atomic mass is 32.2. The van der Waals surface area contributed by atoms with Crippen molar-refractivity contribution in [2.75, 3.05) is 32.1 Å². The third kappa shape index (κ3) is 3.25. The average Bonchev–Trinajstić information content (AvgIpc) is 2.04. The van der Waals surface area contributed by atoms with Crippen molar-refractivity contribution in [1.29, 1.82) is 0 Å². The van der Waals surface area contributed by atoms with Gasteiger partial charge in [0.25, 0.3) is 0 Å². The van der Waals surface area contributed by atoms with Gasteiger partial charge in [0.2, 0.25) is 10.0 Å². The molecule has 1 heterocycles. The van der Waals surface area contributed by atoms with Gasteiger partial charge in [0, 0.05) is 13.1 Å². The van der Waals surface area contributed by atoms with Gasteiger partial charge in [-0.2, -0.15) is 4.31 Å². The summed E-state index contributed by atoms with van der Waals surface area (Å²) in [4.78, 5) is 0. The molecule has 4 nitrogen and oxygen atoms in total. The molecule has 1 fully saturated rings. The zero-order valence-corrected chi connectivity index (χ0v) is 9.01. The molecule has 0 spiro atoms. The minimum atomic E-state index is -3.03. The molecule has 1 saturated heterocycles. The van der Waals surface area contributed by atoms with Crippen molar-refractivity contribution < 1.29 is 13.2 Å². The summed E-state index contributed by atoms with van der Waals surface area (Å²) in [6.07, 6.45) is 0. The van der Waals surface area contributed by atoms with Gasteiger partial charge in [0.05, 0.1) is 19.0 Å². The molecule has 0 aromatic rings. The van der Waals surface area contributed by atoms with Crippen molar-refractivity contribution >= 4 is 10.0 Å². The SMILES string of the molecule is CC(C)CS(=O)(=O)N1CCOCC1. The van der Waals surface area contributed by atoms with Gasteiger partial charge in [0.15, 0.2) is 0 Å². The molecule has 1 aliphatic heterocycles. The predicted octanol–water partition coefficient (Wildman–Crippen LogP) is 0.304. The normalized spacial score (nSPS) is 20.8. The van der Waals surface area contributed by atoms with Gasteiger partial charge in [-0.15, -0.1) is 0 Å². The molecule has 0 aliphatic carbocycles. The van der Waals surface area contributed by atoms with E-state index < -0.39 is 10.0 Å². The summed E-state index contributed by atoms with van der Waals surface area (Å²) in [7, 11) is -3.03. The second kappa shape index (κ2) is 4.39. The monoisotopic (exact) mass is 207 g/mol. The van der Waals surface area contributed by atoms with Crippen LogP contribution in [0.3, 0.4) is 0 Å². The summed E-state index contributed by atoms with van der Waals surface area (Å²) in [5.74, 6) is 0.431. The van der Waals surface area contributed by atoms with Gasteiger partial charge in [-0.25, -0.2) is 8.42 Å². The van der Waals surface area contributed by atoms with Crippen LogP contribution in [-0.2, 0) is 14.8 Å². The van der Waals surface area contributed by atoms with Crippen LogP contribution in [0.5, 0.6) is 0 Å². The van der Waals surface area contributed by atoms with Gasteiger partial charge in [-0.05, 0) is 5.92 Å². The minimum absolute atomic E-state index is 0.188. The number of hydrogen-bond donors (Lipinski definition) is 0. The smallest absolute Gasteiger partial charge is 0.214 e. The average molecular weight is 207 g/mol. The molecule has 0 unspecified atom stereocenters. The highest BCUT2D eigenvalue weighted by Crippen LogP contribution is 2.09. The zero-order valence-electron chi connectivity index (χ0n) is 8.19. The molecule has 0 amide bonds. The summed E-state index contributed by atoms with van der Waals surface area (Å²) in [6.45, 7) is 5.90. The Morgan fingerprint density at radius 2 is 1.85 bits per heavy atom. The lowest BCUT2D eigenvalue weighted by atomic mass is 10.3. The highest BCUT2D eigenvalue weighted by molar-refractivity contribution is 7.89. The standard InChI is InChI=1S/C8H17NO3S/c1-8(2)7-13(10,11)9-3-5-12-6-4-9/h8H,3-7H2,1-2H3. The summed E-state index contributed by atoms with van der Waals surface area (Å²) in [6, 6.07) is 0. The fraction of sp³-hybridized carbons (Fsp3) is 1.00. The molecule has 0 saturated carbocycles. The molecule has 0 radical (unpaired) electrons. The van der Waals surface area contributed by atoms with Crippen LogP contribution in [0.4, 0.5) is 0 Å². The molecule has 1 rings (SSSR count). The van der Waals surface area contributed by atoms with E-state index in [4.69, 9.17) is 4.74 Å². The summed E-state index contributed by atoms with van der Waals surface area (Å²) < 4.78 is 30.0. The fourth-order valence-corrected chi connectivity index (χ4v) is 3.11. The van der Waals surface area contributed by atoms with Crippen molar-refractivity contribution in [1.82, 2.24) is 4.31 Å². The summed E-state index contributed by atoms with van der Waals surface area (Å²) in [5, 5.41) is 0. The number of rotatable bonds is 3. The first kappa shape index (κ1) is 10.9. The topological polar surface area (TPSA) is 46.6 Å². The van der Waals surface area contributed by atoms with Crippen LogP contribution in [0.15, 0.2) is 0 Å². The Balaban J connectivity index is 2.57. The molecule has 5 heteroatoms. The van der Waals surface area contributed by atoms with Crippen LogP contribution in [0.2, 0.25) is 0 Å². The van der Waals surface area contributed by atoms with E-state index in [2.05, 4.69) is 0 Å². The fourth-order valence-electron chi connectivity index (χ4n) is 1.35. The van der Waals surface area contributed by atoms with Crippen molar-refractivity contribution in [3.05, 3.63) is 0 Å². The third-order valence-electron chi connectivity index (χ3n) is 1.91. The molecule has 13 heavy (non-hydrogen) atoms. The Morgan fingerprint density at radius 3 is 2.31 bits per heavy atom. The second-order valence-corrected chi connectivity index (χ2v) is 5.70. The molecular weight excluding hydrogens is 190 g/mol. The number of ether oxygens (including phenoxy) is 1. The van der Waals surface area contributed by atoms with Crippen molar-refractivity contribution in [3.63, 3.8) is 0 Å². The van der Waals surface area contributed by atoms with E-state index in [1.807, 2.05) is 13.8 Å². The Labute approximate surface area is 79.9 Å². The van der Waals surface area contributed by atoms with Crippen molar-refractivity contribution in [2.45, 2.75) is 13.8 Å². The molecule has 78 valence electrons. The zero-order chi connectivity index (χ0) is 9.90. The lowest BCUT2D eigenvalue weighted by Gasteiger charge is -2.26. The molecule has 0 aromatic heterocycles. The Bertz CT molecular complexity index is 242. The van der Waals surface area contributed by atoms with E-state index in [-0.39, 0.29) is 11.7 Å². The van der Waals surface area contributed by atoms with Crippen molar-refractivity contribution in [2.24, 2.45) is 5.92 Å². The Morgan fingerprint density at radius 1 is 1.31 bits per heavy atom. The van der Waals surface area contributed by atoms with E-state index >= 15 is 0 Å². The molecule has 0 atom stereocenters. The first-order valence-corrected chi connectivity index (χ1v) is 6.19. The van der Waals surface area contributed by atoms with Crippen LogP contribution in [0.25, 0.3) is 0 Å². The molecule has 0 N–H and O–H groups in total. The minimum Gasteiger partial charge on any atom is -0.379 e. The summed E-state index contributed by atoms with van der Waals surface area (Å²) >= 11 is 0. The first-order chi connectivity index (χ1) is 6.02. The van der Waals surface area contributed by atoms with Crippen LogP contribution in [-0.4, -0.2) is 44.8 Å². The molecular formula is C8H17NO3S. The number of hydrogen-bond acceptors (Lipinski definition) is 3. The van der Waals surface area contributed by atoms with Crippen LogP contribution < -0.4 is 0 Å². The maximum Gasteiger partial charge on any atom is 0.214 e. The number of nitrogens with zero attached hydrogens (tertiary/aromatic N) is 1. The number of sulfonamides is 1. The first-order valence-electron chi connectivity index (χ1n) is 4.58. The van der Waals surface area contributed by atoms with E-state index in [9.17, 15) is 8.42 Å². The lowest BCUT2D eigenvalue weighted by Crippen LogP contribution is -2.42. The number of morpholine rings is 1. The maximum absolute atomic E-state index is 11.7. The molecule has 1 aliphatic rings. The van der Waals surface area contributed by atoms with Gasteiger partial charge in [0.1, 0.15) is 0 Å². The third-order valence-corrected chi connectivity index (χ3v) is 4.15.